The van der Waals surface area contributed by atoms with E-state index in [0.29, 0.717) is 22.4 Å². The zero-order chi connectivity index (χ0) is 22.1. The summed E-state index contributed by atoms with van der Waals surface area (Å²) in [5.74, 6) is -0.554. The first-order valence-corrected chi connectivity index (χ1v) is 10.1. The molecule has 32 heavy (non-hydrogen) atoms. The maximum absolute atomic E-state index is 13.4. The van der Waals surface area contributed by atoms with E-state index in [4.69, 9.17) is 4.98 Å². The number of benzene rings is 4. The van der Waals surface area contributed by atoms with Crippen LogP contribution in [0.15, 0.2) is 95.8 Å². The summed E-state index contributed by atoms with van der Waals surface area (Å²) in [5, 5.41) is 11.9. The molecule has 0 spiro atoms. The first-order valence-electron chi connectivity index (χ1n) is 10.1. The number of aromatic nitrogens is 2. The molecule has 1 heterocycles. The molecule has 5 rings (SSSR count). The van der Waals surface area contributed by atoms with Crippen LogP contribution in [0.2, 0.25) is 0 Å². The molecule has 0 radical (unpaired) electrons. The van der Waals surface area contributed by atoms with Crippen molar-refractivity contribution in [3.05, 3.63) is 118 Å². The second-order valence-electron chi connectivity index (χ2n) is 7.38. The van der Waals surface area contributed by atoms with Crippen molar-refractivity contribution in [1.82, 2.24) is 9.55 Å². The van der Waals surface area contributed by atoms with Crippen LogP contribution in [-0.2, 0) is 0 Å². The van der Waals surface area contributed by atoms with Crippen LogP contribution in [0.25, 0.3) is 39.5 Å². The zero-order valence-electron chi connectivity index (χ0n) is 17.0. The Morgan fingerprint density at radius 1 is 0.781 bits per heavy atom. The smallest absolute Gasteiger partial charge is 0.335 e. The predicted octanol–water partition coefficient (Wildman–Crippen LogP) is 5.41. The number of carboxylic acids is 1. The van der Waals surface area contributed by atoms with Gasteiger partial charge in [-0.2, -0.15) is 0 Å². The van der Waals surface area contributed by atoms with Gasteiger partial charge in [0.1, 0.15) is 5.82 Å². The van der Waals surface area contributed by atoms with Crippen LogP contribution >= 0.6 is 0 Å². The van der Waals surface area contributed by atoms with E-state index < -0.39 is 5.97 Å². The van der Waals surface area contributed by atoms with E-state index in [9.17, 15) is 14.7 Å². The SMILES string of the molecule is O=C(O)c1ccc(-n2c(/C=C/c3cccc4ccccc34)nc3ccccc3c2=O)cc1. The maximum atomic E-state index is 13.4. The second-order valence-corrected chi connectivity index (χ2v) is 7.38. The fraction of sp³-hybridized carbons (Fsp3) is 0. The van der Waals surface area contributed by atoms with Gasteiger partial charge in [-0.25, -0.2) is 9.78 Å². The Balaban J connectivity index is 1.71. The van der Waals surface area contributed by atoms with E-state index in [1.54, 1.807) is 24.3 Å². The van der Waals surface area contributed by atoms with Crippen molar-refractivity contribution in [2.24, 2.45) is 0 Å². The quantitative estimate of drug-likeness (QED) is 0.424. The average Bonchev–Trinajstić information content (AvgIpc) is 2.83. The first-order chi connectivity index (χ1) is 15.6. The lowest BCUT2D eigenvalue weighted by Gasteiger charge is -2.12. The van der Waals surface area contributed by atoms with Crippen molar-refractivity contribution in [1.29, 1.82) is 0 Å². The van der Waals surface area contributed by atoms with Gasteiger partial charge in [-0.1, -0.05) is 60.7 Å². The number of fused-ring (bicyclic) bond motifs is 2. The zero-order valence-corrected chi connectivity index (χ0v) is 17.0. The van der Waals surface area contributed by atoms with Gasteiger partial charge >= 0.3 is 5.97 Å². The van der Waals surface area contributed by atoms with Gasteiger partial charge < -0.3 is 5.11 Å². The lowest BCUT2D eigenvalue weighted by molar-refractivity contribution is 0.0697. The molecule has 0 saturated carbocycles. The average molecular weight is 418 g/mol. The number of carbonyl (C=O) groups is 1. The molecule has 5 aromatic rings. The summed E-state index contributed by atoms with van der Waals surface area (Å²) in [6.07, 6.45) is 3.77. The summed E-state index contributed by atoms with van der Waals surface area (Å²) in [4.78, 5) is 29.3. The van der Waals surface area contributed by atoms with Crippen LogP contribution < -0.4 is 5.56 Å². The third kappa shape index (κ3) is 3.46. The number of para-hydroxylation sites is 1. The fourth-order valence-corrected chi connectivity index (χ4v) is 3.82. The van der Waals surface area contributed by atoms with E-state index >= 15 is 0 Å². The minimum atomic E-state index is -1.02. The molecule has 5 heteroatoms. The highest BCUT2D eigenvalue weighted by atomic mass is 16.4. The van der Waals surface area contributed by atoms with Crippen molar-refractivity contribution in [3.63, 3.8) is 0 Å². The third-order valence-corrected chi connectivity index (χ3v) is 5.41. The van der Waals surface area contributed by atoms with Crippen molar-refractivity contribution in [3.8, 4) is 5.69 Å². The molecule has 0 aliphatic heterocycles. The van der Waals surface area contributed by atoms with E-state index in [-0.39, 0.29) is 11.1 Å². The van der Waals surface area contributed by atoms with E-state index in [1.165, 1.54) is 16.7 Å². The number of rotatable bonds is 4. The number of nitrogens with zero attached hydrogens (tertiary/aromatic N) is 2. The standard InChI is InChI=1S/C27H18N2O3/c30-26-23-10-3-4-11-24(23)28-25(29(26)21-15-12-20(13-16-21)27(31)32)17-14-19-8-5-7-18-6-1-2-9-22(18)19/h1-17H,(H,31,32)/b17-14+. The van der Waals surface area contributed by atoms with Crippen LogP contribution in [0.4, 0.5) is 0 Å². The highest BCUT2D eigenvalue weighted by Crippen LogP contribution is 2.21. The molecule has 0 fully saturated rings. The van der Waals surface area contributed by atoms with E-state index in [0.717, 1.165) is 16.3 Å². The van der Waals surface area contributed by atoms with Gasteiger partial charge in [-0.3, -0.25) is 9.36 Å². The monoisotopic (exact) mass is 418 g/mol. The molecule has 0 bridgehead atoms. The van der Waals surface area contributed by atoms with Crippen LogP contribution in [-0.4, -0.2) is 20.6 Å². The molecule has 0 amide bonds. The number of hydrogen-bond donors (Lipinski definition) is 1. The Morgan fingerprint density at radius 2 is 1.47 bits per heavy atom. The van der Waals surface area contributed by atoms with Crippen LogP contribution in [0, 0.1) is 0 Å². The van der Waals surface area contributed by atoms with Crippen LogP contribution in [0.5, 0.6) is 0 Å². The predicted molar refractivity (Wildman–Crippen MR) is 127 cm³/mol. The molecule has 0 saturated heterocycles. The van der Waals surface area contributed by atoms with Gasteiger partial charge in [0.15, 0.2) is 0 Å². The van der Waals surface area contributed by atoms with Crippen LogP contribution in [0.1, 0.15) is 21.7 Å². The largest absolute Gasteiger partial charge is 0.478 e. The normalized spacial score (nSPS) is 11.4. The van der Waals surface area contributed by atoms with Crippen molar-refractivity contribution in [2.45, 2.75) is 0 Å². The molecule has 0 aliphatic carbocycles. The Hall–Kier alpha value is -4.51. The van der Waals surface area contributed by atoms with Gasteiger partial charge in [0.25, 0.3) is 5.56 Å². The van der Waals surface area contributed by atoms with Crippen molar-refractivity contribution in [2.75, 3.05) is 0 Å². The molecule has 1 aromatic heterocycles. The molecule has 0 aliphatic rings. The summed E-state index contributed by atoms with van der Waals surface area (Å²) in [5.41, 5.74) is 2.11. The summed E-state index contributed by atoms with van der Waals surface area (Å²) < 4.78 is 1.51. The molecule has 5 nitrogen and oxygen atoms in total. The van der Waals surface area contributed by atoms with Gasteiger partial charge in [0.2, 0.25) is 0 Å². The summed E-state index contributed by atoms with van der Waals surface area (Å²) in [6, 6.07) is 27.6. The van der Waals surface area contributed by atoms with E-state index in [2.05, 4.69) is 18.2 Å². The molecular formula is C27H18N2O3. The molecule has 4 aromatic carbocycles. The summed E-state index contributed by atoms with van der Waals surface area (Å²) in [6.45, 7) is 0. The number of carboxylic acid groups (broad SMARTS) is 1. The Labute approximate surface area is 183 Å². The highest BCUT2D eigenvalue weighted by molar-refractivity contribution is 5.93. The van der Waals surface area contributed by atoms with Gasteiger partial charge in [0.05, 0.1) is 22.2 Å². The van der Waals surface area contributed by atoms with Gasteiger partial charge in [-0.05, 0) is 58.8 Å². The topological polar surface area (TPSA) is 72.2 Å². The fourth-order valence-electron chi connectivity index (χ4n) is 3.82. The minimum absolute atomic E-state index is 0.156. The minimum Gasteiger partial charge on any atom is -0.478 e. The highest BCUT2D eigenvalue weighted by Gasteiger charge is 2.12. The van der Waals surface area contributed by atoms with Gasteiger partial charge in [-0.15, -0.1) is 0 Å². The molecule has 0 unspecified atom stereocenters. The number of hydrogen-bond acceptors (Lipinski definition) is 3. The number of aromatic carboxylic acids is 1. The molecule has 154 valence electrons. The first kappa shape index (κ1) is 19.5. The van der Waals surface area contributed by atoms with Gasteiger partial charge in [0, 0.05) is 0 Å². The molecular weight excluding hydrogens is 400 g/mol. The Bertz CT molecular complexity index is 1560. The maximum Gasteiger partial charge on any atom is 0.335 e. The Kier molecular flexibility index (Phi) is 4.84. The lowest BCUT2D eigenvalue weighted by Crippen LogP contribution is -2.22. The summed E-state index contributed by atoms with van der Waals surface area (Å²) >= 11 is 0. The molecule has 0 atom stereocenters. The lowest BCUT2D eigenvalue weighted by atomic mass is 10.0. The van der Waals surface area contributed by atoms with Crippen molar-refractivity contribution < 1.29 is 9.90 Å². The van der Waals surface area contributed by atoms with Crippen molar-refractivity contribution >= 4 is 39.8 Å². The Morgan fingerprint density at radius 3 is 2.25 bits per heavy atom. The van der Waals surface area contributed by atoms with E-state index in [1.807, 2.05) is 48.6 Å². The molecule has 1 N–H and O–H groups in total. The summed E-state index contributed by atoms with van der Waals surface area (Å²) in [7, 11) is 0. The second kappa shape index (κ2) is 7.96. The van der Waals surface area contributed by atoms with Crippen LogP contribution in [0.3, 0.4) is 0 Å². The third-order valence-electron chi connectivity index (χ3n) is 5.41.